The van der Waals surface area contributed by atoms with E-state index in [1.165, 1.54) is 61.8 Å². The van der Waals surface area contributed by atoms with Gasteiger partial charge in [0.1, 0.15) is 0 Å². The average Bonchev–Trinajstić information content (AvgIpc) is 2.70. The van der Waals surface area contributed by atoms with Crippen LogP contribution in [0.3, 0.4) is 0 Å². The molecule has 0 saturated carbocycles. The average molecular weight is 412 g/mol. The summed E-state index contributed by atoms with van der Waals surface area (Å²) in [5, 5.41) is 9.83. The number of benzene rings is 1. The quantitative estimate of drug-likeness (QED) is 0.382. The Hall–Kier alpha value is -1.38. The molecule has 0 spiro atoms. The Bertz CT molecular complexity index is 636. The first kappa shape index (κ1) is 24.9. The van der Waals surface area contributed by atoms with Gasteiger partial charge in [0.05, 0.1) is 6.10 Å². The summed E-state index contributed by atoms with van der Waals surface area (Å²) in [6, 6.07) is 11.0. The summed E-state index contributed by atoms with van der Waals surface area (Å²) in [4.78, 5) is 2.58. The molecule has 2 unspecified atom stereocenters. The zero-order valence-corrected chi connectivity index (χ0v) is 19.9. The molecular formula is C28H45NO. The van der Waals surface area contributed by atoms with Crippen molar-refractivity contribution in [2.24, 2.45) is 11.8 Å². The molecule has 1 fully saturated rings. The molecule has 2 heteroatoms. The van der Waals surface area contributed by atoms with Crippen LogP contribution < -0.4 is 0 Å². The summed E-state index contributed by atoms with van der Waals surface area (Å²) in [6.07, 6.45) is 13.9. The van der Waals surface area contributed by atoms with Crippen molar-refractivity contribution >= 4 is 0 Å². The Balaban J connectivity index is 1.83. The van der Waals surface area contributed by atoms with Gasteiger partial charge in [-0.05, 0) is 89.5 Å². The van der Waals surface area contributed by atoms with Crippen LogP contribution in [0.25, 0.3) is 0 Å². The molecule has 0 aromatic heterocycles. The van der Waals surface area contributed by atoms with Gasteiger partial charge in [-0.25, -0.2) is 0 Å². The van der Waals surface area contributed by atoms with E-state index in [-0.39, 0.29) is 6.10 Å². The van der Waals surface area contributed by atoms with Gasteiger partial charge in [0.25, 0.3) is 0 Å². The van der Waals surface area contributed by atoms with E-state index in [4.69, 9.17) is 0 Å². The molecule has 2 rings (SSSR count). The SMILES string of the molecule is CC(C)=CCC/C(C)=C/CCC(C)CC(Cc1ccccc1)CN1CCC(O)CC1. The van der Waals surface area contributed by atoms with Crippen LogP contribution in [-0.4, -0.2) is 35.7 Å². The second kappa shape index (κ2) is 13.8. The van der Waals surface area contributed by atoms with Crippen LogP contribution in [-0.2, 0) is 6.42 Å². The van der Waals surface area contributed by atoms with Gasteiger partial charge in [-0.2, -0.15) is 0 Å². The van der Waals surface area contributed by atoms with Crippen molar-refractivity contribution in [3.63, 3.8) is 0 Å². The van der Waals surface area contributed by atoms with Crippen LogP contribution in [0, 0.1) is 11.8 Å². The highest BCUT2D eigenvalue weighted by Gasteiger charge is 2.22. The predicted octanol–water partition coefficient (Wildman–Crippen LogP) is 6.80. The number of piperidine rings is 1. The minimum Gasteiger partial charge on any atom is -0.393 e. The van der Waals surface area contributed by atoms with Crippen molar-refractivity contribution in [2.75, 3.05) is 19.6 Å². The molecule has 30 heavy (non-hydrogen) atoms. The lowest BCUT2D eigenvalue weighted by atomic mass is 9.87. The van der Waals surface area contributed by atoms with E-state index >= 15 is 0 Å². The van der Waals surface area contributed by atoms with Crippen molar-refractivity contribution < 1.29 is 5.11 Å². The fraction of sp³-hybridized carbons (Fsp3) is 0.643. The first-order chi connectivity index (χ1) is 14.4. The van der Waals surface area contributed by atoms with Gasteiger partial charge in [-0.3, -0.25) is 0 Å². The van der Waals surface area contributed by atoms with Crippen LogP contribution in [0.5, 0.6) is 0 Å². The van der Waals surface area contributed by atoms with Crippen molar-refractivity contribution in [1.82, 2.24) is 4.90 Å². The molecule has 1 aliphatic rings. The predicted molar refractivity (Wildman–Crippen MR) is 131 cm³/mol. The molecule has 0 amide bonds. The van der Waals surface area contributed by atoms with Crippen LogP contribution in [0.1, 0.15) is 78.2 Å². The van der Waals surface area contributed by atoms with E-state index < -0.39 is 0 Å². The zero-order chi connectivity index (χ0) is 21.8. The van der Waals surface area contributed by atoms with Crippen LogP contribution >= 0.6 is 0 Å². The molecule has 1 saturated heterocycles. The Morgan fingerprint density at radius 3 is 2.43 bits per heavy atom. The third-order valence-corrected chi connectivity index (χ3v) is 6.42. The highest BCUT2D eigenvalue weighted by molar-refractivity contribution is 5.15. The van der Waals surface area contributed by atoms with E-state index in [0.29, 0.717) is 5.92 Å². The number of aliphatic hydroxyl groups is 1. The minimum absolute atomic E-state index is 0.0838. The van der Waals surface area contributed by atoms with Gasteiger partial charge < -0.3 is 10.0 Å². The number of likely N-dealkylation sites (tertiary alicyclic amines) is 1. The maximum atomic E-state index is 9.83. The maximum absolute atomic E-state index is 9.83. The van der Waals surface area contributed by atoms with Crippen molar-refractivity contribution in [3.8, 4) is 0 Å². The number of hydrogen-bond acceptors (Lipinski definition) is 2. The fourth-order valence-electron chi connectivity index (χ4n) is 4.63. The number of aliphatic hydroxyl groups excluding tert-OH is 1. The standard InChI is InChI=1S/C28H45NO/c1-23(2)10-8-11-24(3)12-9-13-25(4)20-27(21-26-14-6-5-7-15-26)22-29-18-16-28(30)17-19-29/h5-7,10,12,14-15,25,27-28,30H,8-9,11,13,16-22H2,1-4H3/b24-12+. The highest BCUT2D eigenvalue weighted by Crippen LogP contribution is 2.24. The number of allylic oxidation sites excluding steroid dienone is 4. The van der Waals surface area contributed by atoms with E-state index in [0.717, 1.165) is 31.8 Å². The van der Waals surface area contributed by atoms with Gasteiger partial charge in [0.2, 0.25) is 0 Å². The Labute approximate surface area is 186 Å². The van der Waals surface area contributed by atoms with Gasteiger partial charge >= 0.3 is 0 Å². The maximum Gasteiger partial charge on any atom is 0.0564 e. The monoisotopic (exact) mass is 411 g/mol. The number of hydrogen-bond donors (Lipinski definition) is 1. The molecule has 1 aromatic carbocycles. The molecular weight excluding hydrogens is 366 g/mol. The molecule has 0 aliphatic carbocycles. The molecule has 0 bridgehead atoms. The zero-order valence-electron chi connectivity index (χ0n) is 19.9. The van der Waals surface area contributed by atoms with E-state index in [9.17, 15) is 5.11 Å². The summed E-state index contributed by atoms with van der Waals surface area (Å²) < 4.78 is 0. The van der Waals surface area contributed by atoms with Crippen molar-refractivity contribution in [3.05, 3.63) is 59.2 Å². The fourth-order valence-corrected chi connectivity index (χ4v) is 4.63. The van der Waals surface area contributed by atoms with Crippen LogP contribution in [0.2, 0.25) is 0 Å². The molecule has 0 radical (unpaired) electrons. The molecule has 2 atom stereocenters. The lowest BCUT2D eigenvalue weighted by Crippen LogP contribution is -2.39. The third kappa shape index (κ3) is 10.6. The molecule has 2 nitrogen and oxygen atoms in total. The Morgan fingerprint density at radius 1 is 1.07 bits per heavy atom. The Kier molecular flexibility index (Phi) is 11.5. The largest absolute Gasteiger partial charge is 0.393 e. The normalized spacial score (nSPS) is 18.2. The molecule has 1 heterocycles. The van der Waals surface area contributed by atoms with Crippen LogP contribution in [0.15, 0.2) is 53.6 Å². The second-order valence-electron chi connectivity index (χ2n) is 9.88. The van der Waals surface area contributed by atoms with Crippen LogP contribution in [0.4, 0.5) is 0 Å². The van der Waals surface area contributed by atoms with E-state index in [1.807, 2.05) is 0 Å². The van der Waals surface area contributed by atoms with Gasteiger partial charge in [0.15, 0.2) is 0 Å². The second-order valence-corrected chi connectivity index (χ2v) is 9.88. The van der Waals surface area contributed by atoms with Gasteiger partial charge in [-0.15, -0.1) is 0 Å². The summed E-state index contributed by atoms with van der Waals surface area (Å²) in [7, 11) is 0. The molecule has 168 valence electrons. The molecule has 1 aliphatic heterocycles. The topological polar surface area (TPSA) is 23.5 Å². The molecule has 1 aromatic rings. The lowest BCUT2D eigenvalue weighted by molar-refractivity contribution is 0.0723. The van der Waals surface area contributed by atoms with Gasteiger partial charge in [0, 0.05) is 19.6 Å². The number of nitrogens with zero attached hydrogens (tertiary/aromatic N) is 1. The first-order valence-corrected chi connectivity index (χ1v) is 12.2. The number of rotatable bonds is 12. The van der Waals surface area contributed by atoms with Crippen molar-refractivity contribution in [1.29, 1.82) is 0 Å². The Morgan fingerprint density at radius 2 is 1.77 bits per heavy atom. The van der Waals surface area contributed by atoms with Gasteiger partial charge in [-0.1, -0.05) is 60.6 Å². The summed E-state index contributed by atoms with van der Waals surface area (Å²) in [5.41, 5.74) is 4.42. The highest BCUT2D eigenvalue weighted by atomic mass is 16.3. The summed E-state index contributed by atoms with van der Waals surface area (Å²) in [6.45, 7) is 12.3. The van der Waals surface area contributed by atoms with E-state index in [2.05, 4.69) is 75.1 Å². The lowest BCUT2D eigenvalue weighted by Gasteiger charge is -2.33. The minimum atomic E-state index is -0.0838. The smallest absolute Gasteiger partial charge is 0.0564 e. The third-order valence-electron chi connectivity index (χ3n) is 6.42. The van der Waals surface area contributed by atoms with Crippen molar-refractivity contribution in [2.45, 2.75) is 85.2 Å². The molecule has 1 N–H and O–H groups in total. The first-order valence-electron chi connectivity index (χ1n) is 12.2. The van der Waals surface area contributed by atoms with E-state index in [1.54, 1.807) is 0 Å². The summed E-state index contributed by atoms with van der Waals surface area (Å²) >= 11 is 0. The summed E-state index contributed by atoms with van der Waals surface area (Å²) in [5.74, 6) is 1.44.